The lowest BCUT2D eigenvalue weighted by Gasteiger charge is -2.31. The van der Waals surface area contributed by atoms with Crippen LogP contribution in [-0.2, 0) is 14.4 Å². The van der Waals surface area contributed by atoms with Crippen molar-refractivity contribution < 1.29 is 29.0 Å². The third kappa shape index (κ3) is 3.43. The minimum atomic E-state index is -0.803. The topological polar surface area (TPSA) is 96.4 Å². The van der Waals surface area contributed by atoms with E-state index in [1.54, 1.807) is 28.0 Å². The maximum Gasteiger partial charge on any atom is 0.306 e. The highest BCUT2D eigenvalue weighted by atomic mass is 16.6. The number of hydrogen-bond acceptors (Lipinski definition) is 5. The molecule has 0 radical (unpaired) electrons. The number of carbonyl (C=O) groups excluding carboxylic acids is 2. The van der Waals surface area contributed by atoms with E-state index in [-0.39, 0.29) is 24.2 Å². The predicted octanol–water partition coefficient (Wildman–Crippen LogP) is 1.13. The minimum Gasteiger partial charge on any atom is -0.486 e. The van der Waals surface area contributed by atoms with E-state index in [9.17, 15) is 14.4 Å². The molecule has 1 N–H and O–H groups in total. The third-order valence-electron chi connectivity index (χ3n) is 5.47. The van der Waals surface area contributed by atoms with Gasteiger partial charge in [0.15, 0.2) is 11.5 Å². The maximum atomic E-state index is 12.8. The monoisotopic (exact) mass is 374 g/mol. The molecule has 8 heteroatoms. The zero-order chi connectivity index (χ0) is 19.0. The van der Waals surface area contributed by atoms with Gasteiger partial charge in [-0.15, -0.1) is 0 Å². The number of anilines is 1. The molecule has 4 rings (SSSR count). The fourth-order valence-corrected chi connectivity index (χ4v) is 3.93. The average Bonchev–Trinajstić information content (AvgIpc) is 3.08. The molecule has 0 saturated carbocycles. The molecule has 2 amide bonds. The first-order chi connectivity index (χ1) is 13.0. The van der Waals surface area contributed by atoms with Crippen LogP contribution in [0.1, 0.15) is 19.3 Å². The Kier molecular flexibility index (Phi) is 4.63. The molecule has 0 spiro atoms. The van der Waals surface area contributed by atoms with Gasteiger partial charge in [-0.2, -0.15) is 0 Å². The molecule has 144 valence electrons. The fraction of sp³-hybridized carbons (Fsp3) is 0.526. The summed E-state index contributed by atoms with van der Waals surface area (Å²) in [5, 5.41) is 9.08. The highest BCUT2D eigenvalue weighted by Gasteiger charge is 2.39. The Morgan fingerprint density at radius 3 is 2.44 bits per heavy atom. The summed E-state index contributed by atoms with van der Waals surface area (Å²) >= 11 is 0. The van der Waals surface area contributed by atoms with E-state index in [0.717, 1.165) is 0 Å². The number of nitrogens with zero attached hydrogens (tertiary/aromatic N) is 2. The highest BCUT2D eigenvalue weighted by Crippen LogP contribution is 2.36. The van der Waals surface area contributed by atoms with Gasteiger partial charge >= 0.3 is 5.97 Å². The number of amides is 2. The number of benzene rings is 1. The molecule has 0 bridgehead atoms. The second-order valence-corrected chi connectivity index (χ2v) is 7.17. The Morgan fingerprint density at radius 1 is 1.04 bits per heavy atom. The Labute approximate surface area is 156 Å². The van der Waals surface area contributed by atoms with Crippen molar-refractivity contribution in [2.75, 3.05) is 37.7 Å². The van der Waals surface area contributed by atoms with Gasteiger partial charge in [-0.25, -0.2) is 0 Å². The number of likely N-dealkylation sites (tertiary alicyclic amines) is 1. The van der Waals surface area contributed by atoms with Crippen molar-refractivity contribution >= 4 is 23.5 Å². The van der Waals surface area contributed by atoms with Crippen LogP contribution >= 0.6 is 0 Å². The number of carbonyl (C=O) groups is 3. The van der Waals surface area contributed by atoms with E-state index in [2.05, 4.69) is 0 Å². The SMILES string of the molecule is O=C(O)C1CCN(C(=O)C2CC(=O)N(c3ccc4c(c3)OCCO4)C2)CC1. The van der Waals surface area contributed by atoms with Gasteiger partial charge in [-0.1, -0.05) is 0 Å². The Balaban J connectivity index is 1.42. The number of fused-ring (bicyclic) bond motifs is 1. The van der Waals surface area contributed by atoms with Crippen LogP contribution in [0.25, 0.3) is 0 Å². The second kappa shape index (κ2) is 7.09. The van der Waals surface area contributed by atoms with Crippen LogP contribution in [0.3, 0.4) is 0 Å². The quantitative estimate of drug-likeness (QED) is 0.852. The highest BCUT2D eigenvalue weighted by molar-refractivity contribution is 6.00. The summed E-state index contributed by atoms with van der Waals surface area (Å²) in [4.78, 5) is 39.6. The normalized spacial score (nSPS) is 22.8. The lowest BCUT2D eigenvalue weighted by atomic mass is 9.95. The van der Waals surface area contributed by atoms with Gasteiger partial charge in [0.05, 0.1) is 11.8 Å². The molecule has 3 aliphatic heterocycles. The number of rotatable bonds is 3. The number of piperidine rings is 1. The number of aliphatic carboxylic acids is 1. The van der Waals surface area contributed by atoms with Crippen molar-refractivity contribution in [1.82, 2.24) is 4.90 Å². The van der Waals surface area contributed by atoms with Crippen LogP contribution in [0, 0.1) is 11.8 Å². The van der Waals surface area contributed by atoms with Crippen molar-refractivity contribution in [2.45, 2.75) is 19.3 Å². The Hall–Kier alpha value is -2.77. The van der Waals surface area contributed by atoms with Crippen LogP contribution in [0.4, 0.5) is 5.69 Å². The van der Waals surface area contributed by atoms with Crippen LogP contribution in [0.15, 0.2) is 18.2 Å². The summed E-state index contributed by atoms with van der Waals surface area (Å²) < 4.78 is 11.1. The van der Waals surface area contributed by atoms with Crippen LogP contribution in [-0.4, -0.2) is 60.6 Å². The molecule has 0 aromatic heterocycles. The molecule has 3 aliphatic rings. The molecular formula is C19H22N2O6. The van der Waals surface area contributed by atoms with Crippen molar-refractivity contribution in [1.29, 1.82) is 0 Å². The summed E-state index contributed by atoms with van der Waals surface area (Å²) in [5.74, 6) is -0.469. The Morgan fingerprint density at radius 2 is 1.74 bits per heavy atom. The van der Waals surface area contributed by atoms with Gasteiger partial charge in [0.2, 0.25) is 11.8 Å². The van der Waals surface area contributed by atoms with Gasteiger partial charge in [0.25, 0.3) is 0 Å². The van der Waals surface area contributed by atoms with Gasteiger partial charge < -0.3 is 24.4 Å². The smallest absolute Gasteiger partial charge is 0.306 e. The third-order valence-corrected chi connectivity index (χ3v) is 5.47. The first-order valence-corrected chi connectivity index (χ1v) is 9.24. The zero-order valence-corrected chi connectivity index (χ0v) is 14.9. The number of carboxylic acid groups (broad SMARTS) is 1. The predicted molar refractivity (Wildman–Crippen MR) is 94.8 cm³/mol. The van der Waals surface area contributed by atoms with Gasteiger partial charge in [0.1, 0.15) is 13.2 Å². The summed E-state index contributed by atoms with van der Waals surface area (Å²) in [6, 6.07) is 5.36. The molecule has 1 aromatic rings. The summed E-state index contributed by atoms with van der Waals surface area (Å²) in [6.45, 7) is 2.17. The van der Waals surface area contributed by atoms with E-state index in [0.29, 0.717) is 62.9 Å². The summed E-state index contributed by atoms with van der Waals surface area (Å²) in [7, 11) is 0. The van der Waals surface area contributed by atoms with Crippen molar-refractivity contribution in [2.24, 2.45) is 11.8 Å². The average molecular weight is 374 g/mol. The summed E-state index contributed by atoms with van der Waals surface area (Å²) in [6.07, 6.45) is 1.10. The molecule has 0 aliphatic carbocycles. The molecule has 2 saturated heterocycles. The molecule has 1 aromatic carbocycles. The molecule has 3 heterocycles. The lowest BCUT2D eigenvalue weighted by molar-refractivity contribution is -0.146. The fourth-order valence-electron chi connectivity index (χ4n) is 3.93. The van der Waals surface area contributed by atoms with Crippen molar-refractivity contribution in [3.8, 4) is 11.5 Å². The minimum absolute atomic E-state index is 0.0627. The van der Waals surface area contributed by atoms with Crippen LogP contribution in [0.2, 0.25) is 0 Å². The van der Waals surface area contributed by atoms with E-state index < -0.39 is 11.9 Å². The first-order valence-electron chi connectivity index (χ1n) is 9.24. The van der Waals surface area contributed by atoms with Crippen molar-refractivity contribution in [3.05, 3.63) is 18.2 Å². The first kappa shape index (κ1) is 17.6. The lowest BCUT2D eigenvalue weighted by Crippen LogP contribution is -2.43. The van der Waals surface area contributed by atoms with E-state index in [1.807, 2.05) is 0 Å². The standard InChI is InChI=1S/C19H22N2O6/c22-17-9-13(18(23)20-5-3-12(4-6-20)19(24)25)11-21(17)14-1-2-15-16(10-14)27-8-7-26-15/h1-2,10,12-13H,3-9,11H2,(H,24,25). The van der Waals surface area contributed by atoms with Gasteiger partial charge in [0, 0.05) is 37.8 Å². The van der Waals surface area contributed by atoms with Crippen LogP contribution in [0.5, 0.6) is 11.5 Å². The number of hydrogen-bond donors (Lipinski definition) is 1. The van der Waals surface area contributed by atoms with E-state index in [4.69, 9.17) is 14.6 Å². The molecule has 2 fully saturated rings. The molecule has 27 heavy (non-hydrogen) atoms. The van der Waals surface area contributed by atoms with Crippen LogP contribution < -0.4 is 14.4 Å². The zero-order valence-electron chi connectivity index (χ0n) is 14.9. The van der Waals surface area contributed by atoms with Gasteiger partial charge in [-0.3, -0.25) is 14.4 Å². The molecular weight excluding hydrogens is 352 g/mol. The second-order valence-electron chi connectivity index (χ2n) is 7.17. The molecule has 8 nitrogen and oxygen atoms in total. The van der Waals surface area contributed by atoms with Crippen molar-refractivity contribution in [3.63, 3.8) is 0 Å². The van der Waals surface area contributed by atoms with E-state index >= 15 is 0 Å². The maximum absolute atomic E-state index is 12.8. The van der Waals surface area contributed by atoms with E-state index in [1.165, 1.54) is 0 Å². The molecule has 1 atom stereocenters. The number of ether oxygens (including phenoxy) is 2. The molecule has 1 unspecified atom stereocenters. The summed E-state index contributed by atoms with van der Waals surface area (Å²) in [5.41, 5.74) is 0.698. The van der Waals surface area contributed by atoms with Gasteiger partial charge in [-0.05, 0) is 25.0 Å². The number of carboxylic acids is 1. The largest absolute Gasteiger partial charge is 0.486 e. The Bertz CT molecular complexity index is 771.